The molecule has 2 unspecified atom stereocenters. The van der Waals surface area contributed by atoms with Gasteiger partial charge in [0.25, 0.3) is 0 Å². The van der Waals surface area contributed by atoms with Crippen molar-refractivity contribution < 1.29 is 9.53 Å². The van der Waals surface area contributed by atoms with Crippen LogP contribution in [0.4, 0.5) is 4.79 Å². The maximum absolute atomic E-state index is 12.0. The van der Waals surface area contributed by atoms with E-state index in [9.17, 15) is 4.79 Å². The number of rotatable bonds is 2. The third-order valence-electron chi connectivity index (χ3n) is 3.19. The van der Waals surface area contributed by atoms with E-state index in [1.165, 1.54) is 0 Å². The molecule has 0 saturated carbocycles. The second-order valence-corrected chi connectivity index (χ2v) is 4.50. The minimum absolute atomic E-state index is 0.0671. The largest absolute Gasteiger partial charge is 0.375 e. The van der Waals surface area contributed by atoms with Crippen LogP contribution in [0.3, 0.4) is 0 Å². The average molecular weight is 253 g/mol. The number of hydrogen-bond donors (Lipinski definition) is 1. The first-order valence-electron chi connectivity index (χ1n) is 6.08. The Morgan fingerprint density at radius 3 is 3.06 bits per heavy atom. The lowest BCUT2D eigenvalue weighted by Gasteiger charge is -2.37. The third-order valence-corrected chi connectivity index (χ3v) is 3.19. The van der Waals surface area contributed by atoms with Gasteiger partial charge in [0.15, 0.2) is 5.82 Å². The molecule has 2 atom stereocenters. The van der Waals surface area contributed by atoms with Crippen molar-refractivity contribution >= 4 is 6.03 Å². The number of carbonyl (C=O) groups is 1. The van der Waals surface area contributed by atoms with Crippen molar-refractivity contribution in [2.75, 3.05) is 13.2 Å². The van der Waals surface area contributed by atoms with Crippen LogP contribution in [-0.2, 0) is 18.3 Å². The Bertz CT molecular complexity index is 419. The van der Waals surface area contributed by atoms with Crippen LogP contribution in [0, 0.1) is 0 Å². The molecule has 0 aromatic carbocycles. The van der Waals surface area contributed by atoms with Crippen LogP contribution in [-0.4, -0.2) is 51.0 Å². The fourth-order valence-electron chi connectivity index (χ4n) is 1.94. The molecule has 7 heteroatoms. The lowest BCUT2D eigenvalue weighted by molar-refractivity contribution is -0.0376. The predicted octanol–water partition coefficient (Wildman–Crippen LogP) is 0.134. The molecule has 1 aromatic heterocycles. The summed E-state index contributed by atoms with van der Waals surface area (Å²) >= 11 is 0. The molecule has 0 radical (unpaired) electrons. The molecule has 7 nitrogen and oxygen atoms in total. The molecule has 2 rings (SSSR count). The van der Waals surface area contributed by atoms with Gasteiger partial charge in [-0.1, -0.05) is 0 Å². The van der Waals surface area contributed by atoms with Crippen molar-refractivity contribution in [2.24, 2.45) is 7.05 Å². The highest BCUT2D eigenvalue weighted by atomic mass is 16.5. The minimum Gasteiger partial charge on any atom is -0.375 e. The van der Waals surface area contributed by atoms with E-state index >= 15 is 0 Å². The van der Waals surface area contributed by atoms with Crippen molar-refractivity contribution in [3.05, 3.63) is 12.2 Å². The Morgan fingerprint density at radius 2 is 2.39 bits per heavy atom. The first kappa shape index (κ1) is 12.8. The molecular weight excluding hydrogens is 234 g/mol. The summed E-state index contributed by atoms with van der Waals surface area (Å²) in [6.07, 6.45) is 1.68. The predicted molar refractivity (Wildman–Crippen MR) is 64.8 cm³/mol. The van der Waals surface area contributed by atoms with Crippen LogP contribution in [0.15, 0.2) is 6.33 Å². The fraction of sp³-hybridized carbons (Fsp3) is 0.727. The highest BCUT2D eigenvalue weighted by molar-refractivity contribution is 5.74. The summed E-state index contributed by atoms with van der Waals surface area (Å²) in [4.78, 5) is 17.9. The molecule has 1 N–H and O–H groups in total. The number of urea groups is 1. The monoisotopic (exact) mass is 253 g/mol. The molecule has 18 heavy (non-hydrogen) atoms. The van der Waals surface area contributed by atoms with Crippen molar-refractivity contribution in [1.82, 2.24) is 25.0 Å². The summed E-state index contributed by atoms with van der Waals surface area (Å²) in [5, 5.41) is 6.94. The first-order valence-corrected chi connectivity index (χ1v) is 6.08. The molecule has 1 aromatic rings. The number of amides is 2. The van der Waals surface area contributed by atoms with Gasteiger partial charge in [0.2, 0.25) is 0 Å². The van der Waals surface area contributed by atoms with Crippen molar-refractivity contribution in [3.63, 3.8) is 0 Å². The molecule has 0 aliphatic carbocycles. The third kappa shape index (κ3) is 2.79. The summed E-state index contributed by atoms with van der Waals surface area (Å²) in [7, 11) is 1.80. The summed E-state index contributed by atoms with van der Waals surface area (Å²) in [5.41, 5.74) is 0. The van der Waals surface area contributed by atoms with E-state index in [-0.39, 0.29) is 18.2 Å². The Kier molecular flexibility index (Phi) is 3.81. The number of ether oxygens (including phenoxy) is 1. The Balaban J connectivity index is 1.87. The molecule has 0 bridgehead atoms. The number of nitrogens with zero attached hydrogens (tertiary/aromatic N) is 4. The quantitative estimate of drug-likeness (QED) is 0.813. The van der Waals surface area contributed by atoms with Gasteiger partial charge in [0.1, 0.15) is 6.33 Å². The van der Waals surface area contributed by atoms with Gasteiger partial charge in [0.05, 0.1) is 25.3 Å². The number of carbonyl (C=O) groups excluding carboxylic acids is 1. The van der Waals surface area contributed by atoms with Crippen molar-refractivity contribution in [2.45, 2.75) is 32.5 Å². The van der Waals surface area contributed by atoms with Crippen LogP contribution in [0.2, 0.25) is 0 Å². The number of morpholine rings is 1. The van der Waals surface area contributed by atoms with Crippen LogP contribution in [0.25, 0.3) is 0 Å². The standard InChI is InChI=1S/C11H19N5O2/c1-8-9(2)18-5-4-16(8)11(17)12-6-10-13-7-15(3)14-10/h7-9H,4-6H2,1-3H3,(H,12,17). The van der Waals surface area contributed by atoms with Gasteiger partial charge < -0.3 is 15.0 Å². The molecule has 1 aliphatic rings. The molecule has 1 saturated heterocycles. The number of nitrogens with one attached hydrogen (secondary N) is 1. The zero-order valence-corrected chi connectivity index (χ0v) is 11.0. The van der Waals surface area contributed by atoms with Gasteiger partial charge in [-0.2, -0.15) is 5.10 Å². The minimum atomic E-state index is -0.0925. The maximum atomic E-state index is 12.0. The van der Waals surface area contributed by atoms with Crippen LogP contribution < -0.4 is 5.32 Å². The Hall–Kier alpha value is -1.63. The number of aromatic nitrogens is 3. The lowest BCUT2D eigenvalue weighted by Crippen LogP contribution is -2.54. The summed E-state index contributed by atoms with van der Waals surface area (Å²) in [6, 6.07) is -0.0134. The van der Waals surface area contributed by atoms with E-state index in [0.717, 1.165) is 0 Å². The summed E-state index contributed by atoms with van der Waals surface area (Å²) < 4.78 is 7.10. The highest BCUT2D eigenvalue weighted by Crippen LogP contribution is 2.13. The van der Waals surface area contributed by atoms with E-state index in [1.807, 2.05) is 13.8 Å². The molecule has 2 heterocycles. The van der Waals surface area contributed by atoms with Gasteiger partial charge in [-0.3, -0.25) is 4.68 Å². The molecule has 100 valence electrons. The number of hydrogen-bond acceptors (Lipinski definition) is 4. The second kappa shape index (κ2) is 5.34. The zero-order valence-electron chi connectivity index (χ0n) is 11.0. The first-order chi connectivity index (χ1) is 8.58. The van der Waals surface area contributed by atoms with E-state index in [2.05, 4.69) is 15.4 Å². The van der Waals surface area contributed by atoms with Gasteiger partial charge in [0, 0.05) is 13.6 Å². The van der Waals surface area contributed by atoms with E-state index in [0.29, 0.717) is 25.5 Å². The fourth-order valence-corrected chi connectivity index (χ4v) is 1.94. The molecule has 0 spiro atoms. The Morgan fingerprint density at radius 1 is 1.61 bits per heavy atom. The van der Waals surface area contributed by atoms with Gasteiger partial charge >= 0.3 is 6.03 Å². The molecular formula is C11H19N5O2. The zero-order chi connectivity index (χ0) is 13.1. The Labute approximate surface area is 106 Å². The topological polar surface area (TPSA) is 72.3 Å². The van der Waals surface area contributed by atoms with Crippen LogP contribution in [0.1, 0.15) is 19.7 Å². The van der Waals surface area contributed by atoms with Gasteiger partial charge in [-0.05, 0) is 13.8 Å². The van der Waals surface area contributed by atoms with E-state index in [4.69, 9.17) is 4.74 Å². The molecule has 2 amide bonds. The van der Waals surface area contributed by atoms with Crippen molar-refractivity contribution in [3.8, 4) is 0 Å². The summed E-state index contributed by atoms with van der Waals surface area (Å²) in [6.45, 7) is 5.51. The van der Waals surface area contributed by atoms with Crippen LogP contribution >= 0.6 is 0 Å². The van der Waals surface area contributed by atoms with Crippen LogP contribution in [0.5, 0.6) is 0 Å². The smallest absolute Gasteiger partial charge is 0.318 e. The van der Waals surface area contributed by atoms with Gasteiger partial charge in [-0.15, -0.1) is 0 Å². The van der Waals surface area contributed by atoms with Crippen molar-refractivity contribution in [1.29, 1.82) is 0 Å². The normalized spacial score (nSPS) is 24.1. The SMILES string of the molecule is CC1OCCN(C(=O)NCc2ncn(C)n2)C1C. The highest BCUT2D eigenvalue weighted by Gasteiger charge is 2.28. The number of aryl methyl sites for hydroxylation is 1. The maximum Gasteiger partial charge on any atom is 0.318 e. The van der Waals surface area contributed by atoms with E-state index < -0.39 is 0 Å². The lowest BCUT2D eigenvalue weighted by atomic mass is 10.1. The van der Waals surface area contributed by atoms with E-state index in [1.54, 1.807) is 23.0 Å². The molecule has 1 aliphatic heterocycles. The average Bonchev–Trinajstić information content (AvgIpc) is 2.76. The van der Waals surface area contributed by atoms with Gasteiger partial charge in [-0.25, -0.2) is 9.78 Å². The second-order valence-electron chi connectivity index (χ2n) is 4.50. The summed E-state index contributed by atoms with van der Waals surface area (Å²) in [5.74, 6) is 0.611. The molecule has 1 fully saturated rings.